The number of hydrogen-bond acceptors (Lipinski definition) is 2. The van der Waals surface area contributed by atoms with E-state index in [1.54, 1.807) is 0 Å². The molecular formula is C36H19NO2. The highest BCUT2D eigenvalue weighted by Crippen LogP contribution is 2.56. The Morgan fingerprint density at radius 3 is 1.74 bits per heavy atom. The first-order valence-corrected chi connectivity index (χ1v) is 13.1. The second-order valence-electron chi connectivity index (χ2n) is 10.4. The van der Waals surface area contributed by atoms with E-state index in [0.717, 1.165) is 44.2 Å². The third-order valence-corrected chi connectivity index (χ3v) is 8.50. The van der Waals surface area contributed by atoms with Crippen molar-refractivity contribution in [2.75, 3.05) is 4.90 Å². The van der Waals surface area contributed by atoms with Crippen LogP contribution in [0.15, 0.2) is 115 Å². The molecule has 2 aliphatic carbocycles. The van der Waals surface area contributed by atoms with Crippen LogP contribution in [0.3, 0.4) is 0 Å². The molecule has 1 aliphatic heterocycles. The molecule has 9 rings (SSSR count). The van der Waals surface area contributed by atoms with Crippen molar-refractivity contribution < 1.29 is 9.59 Å². The number of carbonyl (C=O) groups excluding carboxylic acids is 2. The standard InChI is InChI=1S/C36H19NO2/c38-31-17-18-32(39)37(31)30-19-29(27-14-6-13-25-22-9-2-4-11-26(22)36(30)35(25)27)28-16-15-20-7-5-12-23-21-8-1-3-10-24(21)34(28)33(20)23/h1-19H. The van der Waals surface area contributed by atoms with Crippen LogP contribution in [0.2, 0.25) is 0 Å². The van der Waals surface area contributed by atoms with Gasteiger partial charge in [-0.25, -0.2) is 4.90 Å². The molecule has 2 amide bonds. The van der Waals surface area contributed by atoms with Gasteiger partial charge in [0.1, 0.15) is 0 Å². The predicted molar refractivity (Wildman–Crippen MR) is 157 cm³/mol. The summed E-state index contributed by atoms with van der Waals surface area (Å²) in [6.45, 7) is 0. The molecule has 3 aliphatic rings. The maximum atomic E-state index is 13.1. The van der Waals surface area contributed by atoms with Gasteiger partial charge >= 0.3 is 0 Å². The van der Waals surface area contributed by atoms with Gasteiger partial charge in [-0.2, -0.15) is 0 Å². The summed E-state index contributed by atoms with van der Waals surface area (Å²) >= 11 is 0. The van der Waals surface area contributed by atoms with E-state index >= 15 is 0 Å². The predicted octanol–water partition coefficient (Wildman–Crippen LogP) is 8.38. The number of anilines is 1. The summed E-state index contributed by atoms with van der Waals surface area (Å²) in [5.41, 5.74) is 11.9. The van der Waals surface area contributed by atoms with Crippen LogP contribution in [-0.2, 0) is 9.59 Å². The van der Waals surface area contributed by atoms with E-state index in [-0.39, 0.29) is 11.8 Å². The average Bonchev–Trinajstić information content (AvgIpc) is 3.62. The van der Waals surface area contributed by atoms with Crippen LogP contribution < -0.4 is 4.90 Å². The second kappa shape index (κ2) is 7.18. The molecule has 0 saturated carbocycles. The molecule has 6 aromatic carbocycles. The Bertz CT molecular complexity index is 2150. The maximum Gasteiger partial charge on any atom is 0.258 e. The Morgan fingerprint density at radius 1 is 0.436 bits per heavy atom. The summed E-state index contributed by atoms with van der Waals surface area (Å²) in [5, 5.41) is 4.66. The van der Waals surface area contributed by atoms with Crippen LogP contribution in [0.25, 0.3) is 77.2 Å². The van der Waals surface area contributed by atoms with Gasteiger partial charge in [-0.3, -0.25) is 9.59 Å². The van der Waals surface area contributed by atoms with Crippen molar-refractivity contribution in [3.8, 4) is 55.6 Å². The van der Waals surface area contributed by atoms with Crippen molar-refractivity contribution in [1.29, 1.82) is 0 Å². The van der Waals surface area contributed by atoms with Crippen molar-refractivity contribution in [2.24, 2.45) is 0 Å². The van der Waals surface area contributed by atoms with Crippen LogP contribution in [0.4, 0.5) is 5.69 Å². The van der Waals surface area contributed by atoms with Crippen LogP contribution in [0, 0.1) is 0 Å². The lowest BCUT2D eigenvalue weighted by atomic mass is 9.87. The lowest BCUT2D eigenvalue weighted by Gasteiger charge is -2.22. The number of benzene rings is 6. The first-order valence-electron chi connectivity index (χ1n) is 13.1. The molecule has 0 saturated heterocycles. The number of hydrogen-bond donors (Lipinski definition) is 0. The van der Waals surface area contributed by atoms with Gasteiger partial charge in [0.2, 0.25) is 0 Å². The zero-order valence-corrected chi connectivity index (χ0v) is 20.7. The van der Waals surface area contributed by atoms with Gasteiger partial charge in [-0.1, -0.05) is 97.1 Å². The van der Waals surface area contributed by atoms with Gasteiger partial charge in [0, 0.05) is 23.1 Å². The fraction of sp³-hybridized carbons (Fsp3) is 0. The molecule has 39 heavy (non-hydrogen) atoms. The smallest absolute Gasteiger partial charge is 0.258 e. The minimum atomic E-state index is -0.306. The highest BCUT2D eigenvalue weighted by molar-refractivity contribution is 6.33. The molecule has 3 nitrogen and oxygen atoms in total. The third-order valence-electron chi connectivity index (χ3n) is 8.50. The molecule has 180 valence electrons. The Balaban J connectivity index is 1.46. The molecule has 6 aromatic rings. The van der Waals surface area contributed by atoms with Gasteiger partial charge in [0.05, 0.1) is 5.69 Å². The minimum absolute atomic E-state index is 0.306. The van der Waals surface area contributed by atoms with Gasteiger partial charge in [0.25, 0.3) is 11.8 Å². The van der Waals surface area contributed by atoms with Crippen LogP contribution in [-0.4, -0.2) is 11.8 Å². The minimum Gasteiger partial charge on any atom is -0.269 e. The van der Waals surface area contributed by atoms with Crippen molar-refractivity contribution in [1.82, 2.24) is 0 Å². The molecule has 0 radical (unpaired) electrons. The molecule has 0 spiro atoms. The lowest BCUT2D eigenvalue weighted by molar-refractivity contribution is -0.119. The topological polar surface area (TPSA) is 37.4 Å². The Hall–Kier alpha value is -5.28. The van der Waals surface area contributed by atoms with E-state index in [1.807, 2.05) is 12.1 Å². The van der Waals surface area contributed by atoms with E-state index in [4.69, 9.17) is 0 Å². The highest BCUT2D eigenvalue weighted by Gasteiger charge is 2.34. The molecule has 0 aromatic heterocycles. The van der Waals surface area contributed by atoms with Crippen molar-refractivity contribution in [3.05, 3.63) is 115 Å². The zero-order valence-electron chi connectivity index (χ0n) is 20.7. The Kier molecular flexibility index (Phi) is 3.82. The molecule has 0 N–H and O–H groups in total. The molecule has 1 heterocycles. The number of rotatable bonds is 2. The maximum absolute atomic E-state index is 13.1. The summed E-state index contributed by atoms with van der Waals surface area (Å²) in [6.07, 6.45) is 2.73. The lowest BCUT2D eigenvalue weighted by Crippen LogP contribution is -2.30. The van der Waals surface area contributed by atoms with Gasteiger partial charge in [0.15, 0.2) is 0 Å². The summed E-state index contributed by atoms with van der Waals surface area (Å²) in [5.74, 6) is -0.613. The summed E-state index contributed by atoms with van der Waals surface area (Å²) in [6, 6.07) is 36.2. The molecule has 0 bridgehead atoms. The van der Waals surface area contributed by atoms with Crippen molar-refractivity contribution in [2.45, 2.75) is 0 Å². The normalized spacial score (nSPS) is 14.1. The van der Waals surface area contributed by atoms with Crippen molar-refractivity contribution >= 4 is 39.0 Å². The molecule has 3 heteroatoms. The van der Waals surface area contributed by atoms with E-state index in [1.165, 1.54) is 50.1 Å². The zero-order chi connectivity index (χ0) is 25.8. The van der Waals surface area contributed by atoms with Gasteiger partial charge in [-0.15, -0.1) is 0 Å². The molecule has 0 fully saturated rings. The van der Waals surface area contributed by atoms with E-state index in [0.29, 0.717) is 5.69 Å². The first kappa shape index (κ1) is 20.7. The quantitative estimate of drug-likeness (QED) is 0.225. The fourth-order valence-corrected chi connectivity index (χ4v) is 6.97. The average molecular weight is 498 g/mol. The molecule has 0 unspecified atom stereocenters. The summed E-state index contributed by atoms with van der Waals surface area (Å²) < 4.78 is 0. The summed E-state index contributed by atoms with van der Waals surface area (Å²) in [7, 11) is 0. The molecule has 0 atom stereocenters. The Labute approximate surface area is 224 Å². The van der Waals surface area contributed by atoms with E-state index in [9.17, 15) is 9.59 Å². The Morgan fingerprint density at radius 2 is 1.03 bits per heavy atom. The summed E-state index contributed by atoms with van der Waals surface area (Å²) in [4.78, 5) is 27.4. The highest BCUT2D eigenvalue weighted by atomic mass is 16.2. The van der Waals surface area contributed by atoms with Gasteiger partial charge in [-0.05, 0) is 72.3 Å². The largest absolute Gasteiger partial charge is 0.269 e. The first-order chi connectivity index (χ1) is 19.2. The third kappa shape index (κ3) is 2.52. The number of imide groups is 1. The van der Waals surface area contributed by atoms with Crippen LogP contribution >= 0.6 is 0 Å². The van der Waals surface area contributed by atoms with E-state index < -0.39 is 0 Å². The van der Waals surface area contributed by atoms with Crippen LogP contribution in [0.5, 0.6) is 0 Å². The van der Waals surface area contributed by atoms with Crippen LogP contribution in [0.1, 0.15) is 0 Å². The second-order valence-corrected chi connectivity index (χ2v) is 10.4. The number of fused-ring (bicyclic) bond motifs is 6. The number of carbonyl (C=O) groups is 2. The van der Waals surface area contributed by atoms with Crippen molar-refractivity contribution in [3.63, 3.8) is 0 Å². The fourth-order valence-electron chi connectivity index (χ4n) is 6.97. The monoisotopic (exact) mass is 497 g/mol. The number of amides is 2. The van der Waals surface area contributed by atoms with Gasteiger partial charge < -0.3 is 0 Å². The number of nitrogens with zero attached hydrogens (tertiary/aromatic N) is 1. The molecular weight excluding hydrogens is 478 g/mol. The SMILES string of the molecule is O=C1C=CC(=O)N1c1cc(-c2ccc3cccc4c3c2-c2ccccc2-4)c2cccc3c2c1-c1ccccc1-3. The van der Waals surface area contributed by atoms with E-state index in [2.05, 4.69) is 91.0 Å².